The van der Waals surface area contributed by atoms with E-state index in [4.69, 9.17) is 0 Å². The Balaban J connectivity index is 3.84. The molecule has 0 aromatic carbocycles. The molecule has 0 spiro atoms. The summed E-state index contributed by atoms with van der Waals surface area (Å²) in [7, 11) is 0. The summed E-state index contributed by atoms with van der Waals surface area (Å²) in [6.45, 7) is 11.0. The highest BCUT2D eigenvalue weighted by Crippen LogP contribution is 2.28. The van der Waals surface area contributed by atoms with Crippen LogP contribution >= 0.6 is 0 Å². The van der Waals surface area contributed by atoms with Crippen LogP contribution in [0.25, 0.3) is 0 Å². The Morgan fingerprint density at radius 3 is 2.00 bits per heavy atom. The summed E-state index contributed by atoms with van der Waals surface area (Å²) in [4.78, 5) is 0. The molecule has 79 valence electrons. The maximum Gasteiger partial charge on any atom is -0.0386 e. The first-order valence-corrected chi connectivity index (χ1v) is 6.09. The van der Waals surface area contributed by atoms with E-state index >= 15 is 0 Å². The number of unbranched alkanes of at least 4 members (excludes halogenated alkanes) is 1. The zero-order valence-electron chi connectivity index (χ0n) is 9.81. The van der Waals surface area contributed by atoms with Gasteiger partial charge in [0.2, 0.25) is 0 Å². The molecule has 0 fully saturated rings. The van der Waals surface area contributed by atoms with E-state index in [0.717, 1.165) is 18.3 Å². The lowest BCUT2D eigenvalue weighted by atomic mass is 9.81. The van der Waals surface area contributed by atoms with E-state index in [0.29, 0.717) is 0 Å². The van der Waals surface area contributed by atoms with Gasteiger partial charge >= 0.3 is 0 Å². The van der Waals surface area contributed by atoms with Crippen LogP contribution in [-0.4, -0.2) is 0 Å². The lowest BCUT2D eigenvalue weighted by Crippen LogP contribution is -2.13. The Bertz CT molecular complexity index is 96.2. The molecular formula is C13H27. The Kier molecular flexibility index (Phi) is 8.59. The maximum atomic E-state index is 4.08. The second kappa shape index (κ2) is 8.59. The quantitative estimate of drug-likeness (QED) is 0.505. The van der Waals surface area contributed by atoms with Crippen molar-refractivity contribution in [2.75, 3.05) is 0 Å². The van der Waals surface area contributed by atoms with Crippen LogP contribution in [0.15, 0.2) is 0 Å². The summed E-state index contributed by atoms with van der Waals surface area (Å²) in [6.07, 6.45) is 9.35. The molecule has 0 aromatic heterocycles. The van der Waals surface area contributed by atoms with Gasteiger partial charge < -0.3 is 0 Å². The van der Waals surface area contributed by atoms with E-state index in [1.807, 2.05) is 0 Å². The molecule has 0 aliphatic heterocycles. The standard InChI is InChI=1S/C13H27/c1-5-9-11-13(8-4)12(7-3)10-6-2/h12-13H,3,5-11H2,1-2,4H3. The zero-order chi connectivity index (χ0) is 10.1. The van der Waals surface area contributed by atoms with Crippen molar-refractivity contribution in [1.82, 2.24) is 0 Å². The van der Waals surface area contributed by atoms with Gasteiger partial charge in [0.15, 0.2) is 0 Å². The largest absolute Gasteiger partial charge is 0.0654 e. The van der Waals surface area contributed by atoms with Crippen LogP contribution in [0, 0.1) is 18.8 Å². The summed E-state index contributed by atoms with van der Waals surface area (Å²) >= 11 is 0. The fourth-order valence-electron chi connectivity index (χ4n) is 2.23. The second-order valence-electron chi connectivity index (χ2n) is 4.15. The highest BCUT2D eigenvalue weighted by Gasteiger charge is 2.16. The summed E-state index contributed by atoms with van der Waals surface area (Å²) in [5.41, 5.74) is 0. The van der Waals surface area contributed by atoms with Gasteiger partial charge in [0.25, 0.3) is 0 Å². The molecule has 0 heterocycles. The zero-order valence-corrected chi connectivity index (χ0v) is 9.81. The fourth-order valence-corrected chi connectivity index (χ4v) is 2.23. The van der Waals surface area contributed by atoms with Crippen molar-refractivity contribution < 1.29 is 0 Å². The molecule has 0 saturated carbocycles. The van der Waals surface area contributed by atoms with Crippen molar-refractivity contribution in [3.8, 4) is 0 Å². The summed E-state index contributed by atoms with van der Waals surface area (Å²) < 4.78 is 0. The molecular weight excluding hydrogens is 156 g/mol. The van der Waals surface area contributed by atoms with Gasteiger partial charge in [0.1, 0.15) is 0 Å². The van der Waals surface area contributed by atoms with Gasteiger partial charge in [0, 0.05) is 0 Å². The minimum Gasteiger partial charge on any atom is -0.0654 e. The molecule has 0 nitrogen and oxygen atoms in total. The molecule has 0 amide bonds. The van der Waals surface area contributed by atoms with Crippen molar-refractivity contribution >= 4 is 0 Å². The van der Waals surface area contributed by atoms with Crippen molar-refractivity contribution in [2.24, 2.45) is 11.8 Å². The van der Waals surface area contributed by atoms with Gasteiger partial charge in [0.05, 0.1) is 0 Å². The predicted octanol–water partition coefficient (Wildman–Crippen LogP) is 4.84. The van der Waals surface area contributed by atoms with Crippen LogP contribution in [0.2, 0.25) is 0 Å². The van der Waals surface area contributed by atoms with Gasteiger partial charge in [-0.2, -0.15) is 0 Å². The van der Waals surface area contributed by atoms with Crippen LogP contribution in [-0.2, 0) is 0 Å². The summed E-state index contributed by atoms with van der Waals surface area (Å²) in [5, 5.41) is 0. The van der Waals surface area contributed by atoms with E-state index in [2.05, 4.69) is 27.7 Å². The number of hydrogen-bond acceptors (Lipinski definition) is 0. The first-order valence-electron chi connectivity index (χ1n) is 6.09. The van der Waals surface area contributed by atoms with E-state index < -0.39 is 0 Å². The molecule has 0 saturated heterocycles. The van der Waals surface area contributed by atoms with E-state index in [1.54, 1.807) is 0 Å². The molecule has 0 heteroatoms. The number of hydrogen-bond donors (Lipinski definition) is 0. The fraction of sp³-hybridized carbons (Fsp3) is 0.923. The Hall–Kier alpha value is 0. The number of rotatable bonds is 8. The molecule has 0 aliphatic carbocycles. The Labute approximate surface area is 85.1 Å². The molecule has 0 N–H and O–H groups in total. The maximum absolute atomic E-state index is 4.08. The molecule has 13 heavy (non-hydrogen) atoms. The second-order valence-corrected chi connectivity index (χ2v) is 4.15. The minimum absolute atomic E-state index is 0.890. The highest BCUT2D eigenvalue weighted by atomic mass is 14.2. The smallest absolute Gasteiger partial charge is 0.0386 e. The third kappa shape index (κ3) is 5.33. The lowest BCUT2D eigenvalue weighted by Gasteiger charge is -2.24. The SMILES string of the molecule is [CH2]CC(CCC)C(CC)CCCC. The molecule has 1 radical (unpaired) electrons. The van der Waals surface area contributed by atoms with Crippen molar-refractivity contribution in [2.45, 2.75) is 65.7 Å². The lowest BCUT2D eigenvalue weighted by molar-refractivity contribution is 0.279. The van der Waals surface area contributed by atoms with Crippen molar-refractivity contribution in [3.63, 3.8) is 0 Å². The van der Waals surface area contributed by atoms with E-state index in [-0.39, 0.29) is 0 Å². The van der Waals surface area contributed by atoms with Crippen molar-refractivity contribution in [3.05, 3.63) is 6.92 Å². The first kappa shape index (κ1) is 13.0. The van der Waals surface area contributed by atoms with Crippen LogP contribution in [0.1, 0.15) is 65.7 Å². The van der Waals surface area contributed by atoms with E-state index in [1.165, 1.54) is 38.5 Å². The van der Waals surface area contributed by atoms with Crippen LogP contribution in [0.3, 0.4) is 0 Å². The monoisotopic (exact) mass is 183 g/mol. The highest BCUT2D eigenvalue weighted by molar-refractivity contribution is 4.70. The molecule has 2 atom stereocenters. The van der Waals surface area contributed by atoms with Crippen LogP contribution < -0.4 is 0 Å². The van der Waals surface area contributed by atoms with Crippen molar-refractivity contribution in [1.29, 1.82) is 0 Å². The Morgan fingerprint density at radius 1 is 0.923 bits per heavy atom. The topological polar surface area (TPSA) is 0 Å². The van der Waals surface area contributed by atoms with Gasteiger partial charge in [-0.25, -0.2) is 0 Å². The molecule has 0 aromatic rings. The minimum atomic E-state index is 0.890. The predicted molar refractivity (Wildman–Crippen MR) is 61.7 cm³/mol. The average Bonchev–Trinajstić information content (AvgIpc) is 2.17. The van der Waals surface area contributed by atoms with E-state index in [9.17, 15) is 0 Å². The first-order chi connectivity index (χ1) is 6.29. The Morgan fingerprint density at radius 2 is 1.62 bits per heavy atom. The third-order valence-electron chi connectivity index (χ3n) is 3.15. The van der Waals surface area contributed by atoms with Gasteiger partial charge in [-0.05, 0) is 11.8 Å². The molecule has 0 bridgehead atoms. The van der Waals surface area contributed by atoms with Gasteiger partial charge in [-0.1, -0.05) is 72.6 Å². The molecule has 0 rings (SSSR count). The van der Waals surface area contributed by atoms with Gasteiger partial charge in [-0.15, -0.1) is 0 Å². The molecule has 2 unspecified atom stereocenters. The van der Waals surface area contributed by atoms with Crippen LogP contribution in [0.4, 0.5) is 0 Å². The normalized spacial score (nSPS) is 15.7. The van der Waals surface area contributed by atoms with Crippen LogP contribution in [0.5, 0.6) is 0 Å². The average molecular weight is 183 g/mol. The summed E-state index contributed by atoms with van der Waals surface area (Å²) in [6, 6.07) is 0. The van der Waals surface area contributed by atoms with Gasteiger partial charge in [-0.3, -0.25) is 0 Å². The third-order valence-corrected chi connectivity index (χ3v) is 3.15. The molecule has 0 aliphatic rings. The summed E-state index contributed by atoms with van der Waals surface area (Å²) in [5.74, 6) is 1.83.